The van der Waals surface area contributed by atoms with Crippen molar-refractivity contribution in [2.24, 2.45) is 14.1 Å². The molecule has 5 nitrogen and oxygen atoms in total. The number of rotatable bonds is 0. The second-order valence-electron chi connectivity index (χ2n) is 5.48. The molecule has 0 amide bonds. The number of fused-ring (bicyclic) bond motifs is 2. The molecule has 120 valence electrons. The van der Waals surface area contributed by atoms with Crippen LogP contribution in [0.2, 0.25) is 0 Å². The van der Waals surface area contributed by atoms with Crippen LogP contribution < -0.4 is 0 Å². The van der Waals surface area contributed by atoms with E-state index in [4.69, 9.17) is 0 Å². The van der Waals surface area contributed by atoms with Gasteiger partial charge in [0.2, 0.25) is 0 Å². The van der Waals surface area contributed by atoms with Gasteiger partial charge in [-0.3, -0.25) is 0 Å². The summed E-state index contributed by atoms with van der Waals surface area (Å²) in [7, 11) is 4.00. The molecule has 4 heterocycles. The Morgan fingerprint density at radius 3 is 2.09 bits per heavy atom. The smallest absolute Gasteiger partial charge is 0.143 e. The number of nitrogens with zero attached hydrogens (tertiary/aromatic N) is 5. The molecule has 0 aliphatic heterocycles. The zero-order valence-electron chi connectivity index (χ0n) is 13.3. The fourth-order valence-electron chi connectivity index (χ4n) is 2.71. The molecule has 23 heavy (non-hydrogen) atoms. The molecular weight excluding hydrogens is 286 g/mol. The first-order valence-electron chi connectivity index (χ1n) is 7.16. The minimum Gasteiger partial charge on any atom is -0.335 e. The predicted molar refractivity (Wildman–Crippen MR) is 95.4 cm³/mol. The summed E-state index contributed by atoms with van der Waals surface area (Å²) in [5, 5.41) is 2.38. The Bertz CT molecular complexity index is 783. The molecule has 0 aliphatic carbocycles. The van der Waals surface area contributed by atoms with Crippen molar-refractivity contribution in [2.75, 3.05) is 0 Å². The summed E-state index contributed by atoms with van der Waals surface area (Å²) in [6.07, 6.45) is 9.39. The van der Waals surface area contributed by atoms with Crippen LogP contribution in [0.4, 0.5) is 0 Å². The standard InChI is InChI=1S/C9H10N2.C8H9N3.CH4/c1-7-6-11(2)9-8(7)4-3-5-10-9;1-6-4-11(2)8-7(6)3-9-5-10-8;/h3-6H,1-2H3;3-5H,1-2H3;1H4. The second kappa shape index (κ2) is 6.60. The highest BCUT2D eigenvalue weighted by molar-refractivity contribution is 5.80. The van der Waals surface area contributed by atoms with Gasteiger partial charge >= 0.3 is 0 Å². The molecular formula is C18H23N5. The predicted octanol–water partition coefficient (Wildman–Crippen LogP) is 3.79. The summed E-state index contributed by atoms with van der Waals surface area (Å²) in [6, 6.07) is 4.06. The Hall–Kier alpha value is -2.69. The lowest BCUT2D eigenvalue weighted by molar-refractivity contribution is 0.940. The summed E-state index contributed by atoms with van der Waals surface area (Å²) in [6.45, 7) is 4.16. The van der Waals surface area contributed by atoms with Crippen molar-refractivity contribution in [2.45, 2.75) is 21.3 Å². The normalized spacial score (nSPS) is 10.3. The van der Waals surface area contributed by atoms with Gasteiger partial charge in [-0.1, -0.05) is 7.43 Å². The lowest BCUT2D eigenvalue weighted by atomic mass is 10.2. The van der Waals surface area contributed by atoms with E-state index in [9.17, 15) is 0 Å². The Kier molecular flexibility index (Phi) is 4.79. The van der Waals surface area contributed by atoms with Crippen LogP contribution in [0.5, 0.6) is 0 Å². The molecule has 4 rings (SSSR count). The van der Waals surface area contributed by atoms with Crippen LogP contribution in [0.3, 0.4) is 0 Å². The first-order valence-corrected chi connectivity index (χ1v) is 7.16. The van der Waals surface area contributed by atoms with Gasteiger partial charge < -0.3 is 9.13 Å². The number of pyridine rings is 1. The van der Waals surface area contributed by atoms with Gasteiger partial charge in [0, 0.05) is 49.7 Å². The zero-order chi connectivity index (χ0) is 15.7. The van der Waals surface area contributed by atoms with E-state index < -0.39 is 0 Å². The number of aromatic nitrogens is 5. The van der Waals surface area contributed by atoms with Gasteiger partial charge in [-0.2, -0.15) is 0 Å². The Morgan fingerprint density at radius 1 is 0.870 bits per heavy atom. The van der Waals surface area contributed by atoms with Crippen LogP contribution in [-0.4, -0.2) is 24.1 Å². The maximum atomic E-state index is 4.26. The van der Waals surface area contributed by atoms with Crippen molar-refractivity contribution in [3.8, 4) is 0 Å². The molecule has 0 aliphatic rings. The summed E-state index contributed by atoms with van der Waals surface area (Å²) < 4.78 is 4.05. The van der Waals surface area contributed by atoms with Gasteiger partial charge in [-0.15, -0.1) is 0 Å². The SMILES string of the molecule is C.Cc1cn(C)c2ncccc12.Cc1cn(C)c2ncncc12. The van der Waals surface area contributed by atoms with E-state index in [1.807, 2.05) is 41.7 Å². The fourth-order valence-corrected chi connectivity index (χ4v) is 2.71. The van der Waals surface area contributed by atoms with Gasteiger partial charge in [0.1, 0.15) is 17.6 Å². The van der Waals surface area contributed by atoms with E-state index in [-0.39, 0.29) is 7.43 Å². The van der Waals surface area contributed by atoms with Gasteiger partial charge in [0.05, 0.1) is 0 Å². The van der Waals surface area contributed by atoms with E-state index in [1.165, 1.54) is 16.5 Å². The first kappa shape index (κ1) is 16.7. The lowest BCUT2D eigenvalue weighted by Gasteiger charge is -1.91. The number of aryl methyl sites for hydroxylation is 4. The molecule has 0 radical (unpaired) electrons. The third kappa shape index (κ3) is 3.08. The van der Waals surface area contributed by atoms with Crippen LogP contribution in [0.15, 0.2) is 43.2 Å². The molecule has 0 unspecified atom stereocenters. The monoisotopic (exact) mass is 309 g/mol. The van der Waals surface area contributed by atoms with Gasteiger partial charge in [0.15, 0.2) is 0 Å². The minimum atomic E-state index is 0. The highest BCUT2D eigenvalue weighted by Gasteiger charge is 2.02. The van der Waals surface area contributed by atoms with Crippen LogP contribution in [-0.2, 0) is 14.1 Å². The molecule has 0 saturated carbocycles. The number of hydrogen-bond acceptors (Lipinski definition) is 3. The quantitative estimate of drug-likeness (QED) is 0.496. The van der Waals surface area contributed by atoms with Crippen molar-refractivity contribution in [1.29, 1.82) is 0 Å². The van der Waals surface area contributed by atoms with E-state index in [0.29, 0.717) is 0 Å². The van der Waals surface area contributed by atoms with E-state index in [0.717, 1.165) is 16.7 Å². The third-order valence-corrected chi connectivity index (χ3v) is 3.77. The molecule has 5 heteroatoms. The molecule has 0 bridgehead atoms. The van der Waals surface area contributed by atoms with Gasteiger partial charge in [0.25, 0.3) is 0 Å². The average molecular weight is 309 g/mol. The van der Waals surface area contributed by atoms with E-state index in [2.05, 4.69) is 47.3 Å². The lowest BCUT2D eigenvalue weighted by Crippen LogP contribution is -1.86. The highest BCUT2D eigenvalue weighted by Crippen LogP contribution is 2.16. The molecule has 0 fully saturated rings. The molecule has 4 aromatic rings. The van der Waals surface area contributed by atoms with Crippen LogP contribution in [0.1, 0.15) is 18.6 Å². The summed E-state index contributed by atoms with van der Waals surface area (Å²) in [5.41, 5.74) is 4.57. The molecule has 0 saturated heterocycles. The molecule has 0 atom stereocenters. The molecule has 4 aromatic heterocycles. The topological polar surface area (TPSA) is 48.5 Å². The van der Waals surface area contributed by atoms with Crippen molar-refractivity contribution in [1.82, 2.24) is 24.1 Å². The van der Waals surface area contributed by atoms with Crippen molar-refractivity contribution in [3.05, 3.63) is 54.4 Å². The maximum absolute atomic E-state index is 4.26. The first-order chi connectivity index (χ1) is 10.6. The third-order valence-electron chi connectivity index (χ3n) is 3.77. The number of hydrogen-bond donors (Lipinski definition) is 0. The van der Waals surface area contributed by atoms with Crippen molar-refractivity contribution >= 4 is 22.1 Å². The van der Waals surface area contributed by atoms with Crippen LogP contribution in [0, 0.1) is 13.8 Å². The summed E-state index contributed by atoms with van der Waals surface area (Å²) in [4.78, 5) is 12.4. The largest absolute Gasteiger partial charge is 0.335 e. The minimum absolute atomic E-state index is 0. The molecule has 0 aromatic carbocycles. The van der Waals surface area contributed by atoms with E-state index >= 15 is 0 Å². The van der Waals surface area contributed by atoms with Crippen molar-refractivity contribution in [3.63, 3.8) is 0 Å². The summed E-state index contributed by atoms with van der Waals surface area (Å²) in [5.74, 6) is 0. The fraction of sp³-hybridized carbons (Fsp3) is 0.278. The van der Waals surface area contributed by atoms with Crippen molar-refractivity contribution < 1.29 is 0 Å². The second-order valence-corrected chi connectivity index (χ2v) is 5.48. The maximum Gasteiger partial charge on any atom is 0.143 e. The van der Waals surface area contributed by atoms with Gasteiger partial charge in [-0.05, 0) is 37.1 Å². The van der Waals surface area contributed by atoms with Crippen LogP contribution >= 0.6 is 0 Å². The Balaban J connectivity index is 0.000000160. The van der Waals surface area contributed by atoms with Crippen LogP contribution in [0.25, 0.3) is 22.1 Å². The van der Waals surface area contributed by atoms with Gasteiger partial charge in [-0.25, -0.2) is 15.0 Å². The summed E-state index contributed by atoms with van der Waals surface area (Å²) >= 11 is 0. The average Bonchev–Trinajstić information content (AvgIpc) is 2.99. The highest BCUT2D eigenvalue weighted by atomic mass is 15.0. The Labute approximate surface area is 136 Å². The Morgan fingerprint density at radius 2 is 1.48 bits per heavy atom. The molecule has 0 N–H and O–H groups in total. The zero-order valence-corrected chi connectivity index (χ0v) is 13.3. The molecule has 0 spiro atoms. The van der Waals surface area contributed by atoms with E-state index in [1.54, 1.807) is 6.33 Å².